The zero-order chi connectivity index (χ0) is 27.3. The van der Waals surface area contributed by atoms with E-state index in [1.165, 1.54) is 29.2 Å². The molecule has 0 fully saturated rings. The van der Waals surface area contributed by atoms with Gasteiger partial charge in [-0.05, 0) is 65.1 Å². The predicted octanol–water partition coefficient (Wildman–Crippen LogP) is 8.70. The fourth-order valence-electron chi connectivity index (χ4n) is 4.02. The molecule has 3 aromatic carbocycles. The Labute approximate surface area is 253 Å². The third-order valence-corrected chi connectivity index (χ3v) is 8.39. The normalized spacial score (nSPS) is 11.3. The molecule has 194 valence electrons. The number of hydrogen-bond acceptors (Lipinski definition) is 8. The van der Waals surface area contributed by atoms with E-state index in [9.17, 15) is 4.79 Å². The number of rotatable bonds is 5. The van der Waals surface area contributed by atoms with Crippen molar-refractivity contribution < 1.29 is 13.9 Å². The van der Waals surface area contributed by atoms with Gasteiger partial charge >= 0.3 is 0 Å². The minimum atomic E-state index is -0.465. The van der Waals surface area contributed by atoms with Gasteiger partial charge in [0.1, 0.15) is 11.5 Å². The number of halogens is 3. The van der Waals surface area contributed by atoms with E-state index < -0.39 is 5.56 Å². The van der Waals surface area contributed by atoms with E-state index in [0.29, 0.717) is 43.5 Å². The standard InChI is InChI=1S/C27H14Cl2IN3O4S2/c1-35-19-8-9-31-23-24(19)37-27(38)33(25(23)34)26-32-18-11-15(14-4-2-3-5-16(14)28)20(12-22(18)39-26)36-21-10-13(30)6-7-17(21)29/h2-12H,1H3. The topological polar surface area (TPSA) is 79.4 Å². The van der Waals surface area contributed by atoms with E-state index in [4.69, 9.17) is 54.3 Å². The number of ether oxygens (including phenoxy) is 2. The summed E-state index contributed by atoms with van der Waals surface area (Å²) in [6.45, 7) is 0. The molecule has 0 atom stereocenters. The molecule has 0 N–H and O–H groups in total. The van der Waals surface area contributed by atoms with Crippen LogP contribution in [0.4, 0.5) is 0 Å². The van der Waals surface area contributed by atoms with Crippen molar-refractivity contribution in [1.29, 1.82) is 0 Å². The van der Waals surface area contributed by atoms with Crippen LogP contribution in [-0.4, -0.2) is 21.6 Å². The molecule has 6 rings (SSSR count). The maximum absolute atomic E-state index is 13.4. The molecule has 0 unspecified atom stereocenters. The summed E-state index contributed by atoms with van der Waals surface area (Å²) in [5.41, 5.74) is 1.87. The first-order chi connectivity index (χ1) is 18.8. The first kappa shape index (κ1) is 26.2. The second-order valence-electron chi connectivity index (χ2n) is 8.17. The molecule has 3 aromatic heterocycles. The molecule has 0 aliphatic rings. The Morgan fingerprint density at radius 1 is 1.00 bits per heavy atom. The van der Waals surface area contributed by atoms with Crippen LogP contribution in [0.15, 0.2) is 76.1 Å². The summed E-state index contributed by atoms with van der Waals surface area (Å²) in [5.74, 6) is 1.38. The number of benzene rings is 3. The molecule has 0 bridgehead atoms. The summed E-state index contributed by atoms with van der Waals surface area (Å²) in [5, 5.41) is 1.33. The number of methoxy groups -OCH3 is 1. The van der Waals surface area contributed by atoms with Crippen molar-refractivity contribution in [2.75, 3.05) is 7.11 Å². The molecule has 0 radical (unpaired) electrons. The Bertz CT molecular complexity index is 2040. The Morgan fingerprint density at radius 2 is 1.82 bits per heavy atom. The van der Waals surface area contributed by atoms with Crippen LogP contribution >= 0.6 is 69.3 Å². The van der Waals surface area contributed by atoms with Gasteiger partial charge in [0, 0.05) is 38.0 Å². The monoisotopic (exact) mass is 705 g/mol. The summed E-state index contributed by atoms with van der Waals surface area (Å²) in [4.78, 5) is 22.3. The van der Waals surface area contributed by atoms with Gasteiger partial charge in [0.25, 0.3) is 10.4 Å². The third-order valence-electron chi connectivity index (χ3n) is 5.81. The smallest absolute Gasteiger partial charge is 0.290 e. The zero-order valence-corrected chi connectivity index (χ0v) is 25.1. The van der Waals surface area contributed by atoms with Gasteiger partial charge in [-0.3, -0.25) is 4.79 Å². The van der Waals surface area contributed by atoms with Crippen LogP contribution in [0.25, 0.3) is 37.6 Å². The lowest BCUT2D eigenvalue weighted by molar-refractivity contribution is 0.404. The highest BCUT2D eigenvalue weighted by atomic mass is 127. The molecule has 0 saturated heterocycles. The van der Waals surface area contributed by atoms with Crippen molar-refractivity contribution >= 4 is 90.7 Å². The number of fused-ring (bicyclic) bond motifs is 2. The average Bonchev–Trinajstić information content (AvgIpc) is 3.32. The Hall–Kier alpha value is -3.03. The van der Waals surface area contributed by atoms with Crippen LogP contribution in [-0.2, 0) is 0 Å². The summed E-state index contributed by atoms with van der Waals surface area (Å²) in [6.07, 6.45) is 1.47. The van der Waals surface area contributed by atoms with Gasteiger partial charge in [0.2, 0.25) is 10.7 Å². The molecule has 0 aliphatic heterocycles. The van der Waals surface area contributed by atoms with E-state index >= 15 is 0 Å². The van der Waals surface area contributed by atoms with Gasteiger partial charge in [-0.15, -0.1) is 0 Å². The maximum Gasteiger partial charge on any atom is 0.290 e. The highest BCUT2D eigenvalue weighted by Crippen LogP contribution is 2.42. The average molecular weight is 706 g/mol. The highest BCUT2D eigenvalue weighted by Gasteiger charge is 2.20. The number of pyridine rings is 1. The zero-order valence-electron chi connectivity index (χ0n) is 19.8. The first-order valence-electron chi connectivity index (χ1n) is 11.3. The van der Waals surface area contributed by atoms with Crippen LogP contribution in [0.2, 0.25) is 10.0 Å². The van der Waals surface area contributed by atoms with Gasteiger partial charge in [0.05, 0.1) is 22.3 Å². The SMILES string of the molecule is COc1ccnc2c(=O)n(-c3nc4cc(-c5ccccc5Cl)c(Oc5cc(I)ccc5Cl)cc4s3)c(=S)oc12. The second kappa shape index (κ2) is 10.5. The maximum atomic E-state index is 13.4. The number of thiazole rings is 1. The number of nitrogens with zero attached hydrogens (tertiary/aromatic N) is 3. The Balaban J connectivity index is 1.57. The molecule has 12 heteroatoms. The van der Waals surface area contributed by atoms with E-state index in [1.807, 2.05) is 42.5 Å². The Morgan fingerprint density at radius 3 is 2.62 bits per heavy atom. The van der Waals surface area contributed by atoms with Gasteiger partial charge in [-0.25, -0.2) is 14.5 Å². The summed E-state index contributed by atoms with van der Waals surface area (Å²) in [6, 6.07) is 18.3. The van der Waals surface area contributed by atoms with Crippen molar-refractivity contribution in [3.63, 3.8) is 0 Å². The fourth-order valence-corrected chi connectivity index (χ4v) is 6.16. The van der Waals surface area contributed by atoms with E-state index in [0.717, 1.165) is 13.8 Å². The van der Waals surface area contributed by atoms with Gasteiger partial charge in [-0.2, -0.15) is 0 Å². The van der Waals surface area contributed by atoms with Gasteiger partial charge in [0.15, 0.2) is 11.3 Å². The van der Waals surface area contributed by atoms with Crippen LogP contribution in [0.1, 0.15) is 0 Å². The van der Waals surface area contributed by atoms with E-state index in [-0.39, 0.29) is 15.9 Å². The third kappa shape index (κ3) is 4.80. The van der Waals surface area contributed by atoms with Crippen molar-refractivity contribution in [3.8, 4) is 33.5 Å². The van der Waals surface area contributed by atoms with E-state index in [1.54, 1.807) is 18.2 Å². The number of aromatic nitrogens is 3. The molecular formula is C27H14Cl2IN3O4S2. The highest BCUT2D eigenvalue weighted by molar-refractivity contribution is 14.1. The lowest BCUT2D eigenvalue weighted by Crippen LogP contribution is -2.20. The van der Waals surface area contributed by atoms with E-state index in [2.05, 4.69) is 27.6 Å². The number of hydrogen-bond donors (Lipinski definition) is 0. The van der Waals surface area contributed by atoms with Crippen LogP contribution in [0.5, 0.6) is 17.2 Å². The molecule has 7 nitrogen and oxygen atoms in total. The summed E-state index contributed by atoms with van der Waals surface area (Å²) < 4.78 is 20.4. The second-order valence-corrected chi connectivity index (χ2v) is 11.6. The van der Waals surface area contributed by atoms with Crippen LogP contribution in [0.3, 0.4) is 0 Å². The van der Waals surface area contributed by atoms with Crippen LogP contribution in [0, 0.1) is 8.41 Å². The molecule has 0 aliphatic carbocycles. The van der Waals surface area contributed by atoms with Crippen molar-refractivity contribution in [1.82, 2.24) is 14.5 Å². The molecular weight excluding hydrogens is 692 g/mol. The lowest BCUT2D eigenvalue weighted by atomic mass is 10.0. The van der Waals surface area contributed by atoms with Crippen molar-refractivity contribution in [2.45, 2.75) is 0 Å². The quantitative estimate of drug-likeness (QED) is 0.131. The molecule has 6 aromatic rings. The summed E-state index contributed by atoms with van der Waals surface area (Å²) >= 11 is 21.9. The van der Waals surface area contributed by atoms with Crippen molar-refractivity contribution in [2.24, 2.45) is 0 Å². The lowest BCUT2D eigenvalue weighted by Gasteiger charge is -2.14. The summed E-state index contributed by atoms with van der Waals surface area (Å²) in [7, 11) is 1.48. The van der Waals surface area contributed by atoms with Crippen molar-refractivity contribution in [3.05, 3.63) is 95.7 Å². The Kier molecular flexibility index (Phi) is 7.06. The molecule has 0 spiro atoms. The minimum absolute atomic E-state index is 0.0775. The fraction of sp³-hybridized carbons (Fsp3) is 0.0370. The molecule has 0 amide bonds. The molecule has 0 saturated carbocycles. The molecule has 3 heterocycles. The molecule has 39 heavy (non-hydrogen) atoms. The van der Waals surface area contributed by atoms with Gasteiger partial charge < -0.3 is 13.9 Å². The largest absolute Gasteiger partial charge is 0.493 e. The minimum Gasteiger partial charge on any atom is -0.493 e. The first-order valence-corrected chi connectivity index (χ1v) is 14.3. The predicted molar refractivity (Wildman–Crippen MR) is 165 cm³/mol. The van der Waals surface area contributed by atoms with Gasteiger partial charge in [-0.1, -0.05) is 52.7 Å². The van der Waals surface area contributed by atoms with Crippen LogP contribution < -0.4 is 15.0 Å².